The standard InChI is InChI=1S/C20H20ClN3OS/c1-14-17(21)8-5-10-18(14)23-20(26)24(13-16-7-6-12-25-16)15(2)19-9-3-4-11-22-19/h3-12,15H,13H2,1-2H3,(H,23,26)/t15-/m0/s1. The molecule has 4 nitrogen and oxygen atoms in total. The Morgan fingerprint density at radius 1 is 1.23 bits per heavy atom. The van der Waals surface area contributed by atoms with Crippen LogP contribution in [0.1, 0.15) is 30.0 Å². The molecule has 0 aliphatic carbocycles. The van der Waals surface area contributed by atoms with Gasteiger partial charge in [0, 0.05) is 16.9 Å². The Balaban J connectivity index is 1.86. The van der Waals surface area contributed by atoms with Crippen LogP contribution in [0.3, 0.4) is 0 Å². The summed E-state index contributed by atoms with van der Waals surface area (Å²) in [6.45, 7) is 4.58. The number of aromatic nitrogens is 1. The third kappa shape index (κ3) is 4.23. The molecule has 0 bridgehead atoms. The molecule has 3 aromatic rings. The molecule has 1 aromatic carbocycles. The number of furan rings is 1. The Bertz CT molecular complexity index is 868. The van der Waals surface area contributed by atoms with Crippen LogP contribution in [0.4, 0.5) is 5.69 Å². The molecule has 2 aromatic heterocycles. The lowest BCUT2D eigenvalue weighted by Crippen LogP contribution is -2.36. The summed E-state index contributed by atoms with van der Waals surface area (Å²) in [6, 6.07) is 15.4. The summed E-state index contributed by atoms with van der Waals surface area (Å²) in [4.78, 5) is 6.52. The van der Waals surface area contributed by atoms with E-state index in [0.717, 1.165) is 22.7 Å². The van der Waals surface area contributed by atoms with Gasteiger partial charge in [-0.3, -0.25) is 4.98 Å². The van der Waals surface area contributed by atoms with Crippen LogP contribution < -0.4 is 5.32 Å². The smallest absolute Gasteiger partial charge is 0.174 e. The van der Waals surface area contributed by atoms with E-state index >= 15 is 0 Å². The quantitative estimate of drug-likeness (QED) is 0.579. The van der Waals surface area contributed by atoms with Crippen molar-refractivity contribution in [2.45, 2.75) is 26.4 Å². The van der Waals surface area contributed by atoms with Gasteiger partial charge < -0.3 is 14.6 Å². The molecular formula is C20H20ClN3OS. The van der Waals surface area contributed by atoms with Crippen LogP contribution >= 0.6 is 23.8 Å². The second kappa shape index (κ2) is 8.34. The maximum Gasteiger partial charge on any atom is 0.174 e. The van der Waals surface area contributed by atoms with Gasteiger partial charge in [0.05, 0.1) is 24.5 Å². The number of hydrogen-bond acceptors (Lipinski definition) is 3. The van der Waals surface area contributed by atoms with Gasteiger partial charge in [-0.25, -0.2) is 0 Å². The average molecular weight is 386 g/mol. The van der Waals surface area contributed by atoms with E-state index in [1.54, 1.807) is 12.5 Å². The zero-order valence-corrected chi connectivity index (χ0v) is 16.2. The summed E-state index contributed by atoms with van der Waals surface area (Å²) in [5.74, 6) is 0.833. The molecule has 0 unspecified atom stereocenters. The second-order valence-electron chi connectivity index (χ2n) is 5.98. The van der Waals surface area contributed by atoms with Crippen LogP contribution in [-0.2, 0) is 6.54 Å². The first-order valence-corrected chi connectivity index (χ1v) is 9.11. The van der Waals surface area contributed by atoms with Crippen LogP contribution in [0.5, 0.6) is 0 Å². The van der Waals surface area contributed by atoms with Gasteiger partial charge in [-0.15, -0.1) is 0 Å². The second-order valence-corrected chi connectivity index (χ2v) is 6.77. The predicted molar refractivity (Wildman–Crippen MR) is 109 cm³/mol. The first-order valence-electron chi connectivity index (χ1n) is 8.32. The van der Waals surface area contributed by atoms with Crippen LogP contribution in [0.25, 0.3) is 0 Å². The van der Waals surface area contributed by atoms with Crippen LogP contribution in [-0.4, -0.2) is 15.0 Å². The van der Waals surface area contributed by atoms with Crippen molar-refractivity contribution in [3.05, 3.63) is 83.0 Å². The minimum atomic E-state index is -0.0270. The maximum atomic E-state index is 6.23. The fraction of sp³-hybridized carbons (Fsp3) is 0.200. The molecule has 0 amide bonds. The van der Waals surface area contributed by atoms with Crippen molar-refractivity contribution in [3.8, 4) is 0 Å². The van der Waals surface area contributed by atoms with Crippen molar-refractivity contribution in [1.82, 2.24) is 9.88 Å². The average Bonchev–Trinajstić information content (AvgIpc) is 3.17. The molecular weight excluding hydrogens is 366 g/mol. The van der Waals surface area contributed by atoms with Crippen LogP contribution in [0.2, 0.25) is 5.02 Å². The van der Waals surface area contributed by atoms with Crippen LogP contribution in [0, 0.1) is 6.92 Å². The van der Waals surface area contributed by atoms with Crippen molar-refractivity contribution in [2.24, 2.45) is 0 Å². The molecule has 0 saturated heterocycles. The zero-order chi connectivity index (χ0) is 18.5. The zero-order valence-electron chi connectivity index (χ0n) is 14.6. The molecule has 2 heterocycles. The number of thiocarbonyl (C=S) groups is 1. The number of rotatable bonds is 5. The summed E-state index contributed by atoms with van der Waals surface area (Å²) in [5, 5.41) is 4.61. The van der Waals surface area contributed by atoms with Gasteiger partial charge in [-0.2, -0.15) is 0 Å². The van der Waals surface area contributed by atoms with Crippen molar-refractivity contribution < 1.29 is 4.42 Å². The van der Waals surface area contributed by atoms with E-state index < -0.39 is 0 Å². The molecule has 0 radical (unpaired) electrons. The Morgan fingerprint density at radius 3 is 2.77 bits per heavy atom. The van der Waals surface area contributed by atoms with Gasteiger partial charge >= 0.3 is 0 Å². The molecule has 26 heavy (non-hydrogen) atoms. The van der Waals surface area contributed by atoms with E-state index in [2.05, 4.69) is 22.1 Å². The van der Waals surface area contributed by atoms with E-state index in [4.69, 9.17) is 28.2 Å². The minimum absolute atomic E-state index is 0.0270. The molecule has 1 N–H and O–H groups in total. The van der Waals surface area contributed by atoms with Crippen molar-refractivity contribution in [3.63, 3.8) is 0 Å². The molecule has 1 atom stereocenters. The molecule has 3 rings (SSSR count). The molecule has 0 aliphatic rings. The van der Waals surface area contributed by atoms with Gasteiger partial charge in [-0.1, -0.05) is 23.7 Å². The highest BCUT2D eigenvalue weighted by molar-refractivity contribution is 7.80. The van der Waals surface area contributed by atoms with Gasteiger partial charge in [0.1, 0.15) is 5.76 Å². The van der Waals surface area contributed by atoms with Crippen molar-refractivity contribution in [2.75, 3.05) is 5.32 Å². The summed E-state index contributed by atoms with van der Waals surface area (Å²) in [7, 11) is 0. The lowest BCUT2D eigenvalue weighted by molar-refractivity contribution is 0.299. The number of benzene rings is 1. The first kappa shape index (κ1) is 18.4. The monoisotopic (exact) mass is 385 g/mol. The Labute approximate surface area is 163 Å². The largest absolute Gasteiger partial charge is 0.467 e. The summed E-state index contributed by atoms with van der Waals surface area (Å²) < 4.78 is 5.52. The maximum absolute atomic E-state index is 6.23. The lowest BCUT2D eigenvalue weighted by atomic mass is 10.1. The molecule has 0 saturated carbocycles. The number of nitrogens with one attached hydrogen (secondary N) is 1. The lowest BCUT2D eigenvalue weighted by Gasteiger charge is -2.31. The van der Waals surface area contributed by atoms with Gasteiger partial charge in [-0.05, 0) is 68.0 Å². The number of anilines is 1. The van der Waals surface area contributed by atoms with E-state index in [0.29, 0.717) is 16.7 Å². The number of halogens is 1. The van der Waals surface area contributed by atoms with E-state index in [-0.39, 0.29) is 6.04 Å². The van der Waals surface area contributed by atoms with Gasteiger partial charge in [0.15, 0.2) is 5.11 Å². The fourth-order valence-electron chi connectivity index (χ4n) is 2.67. The Kier molecular flexibility index (Phi) is 5.91. The van der Waals surface area contributed by atoms with Crippen molar-refractivity contribution >= 4 is 34.6 Å². The Hall–Kier alpha value is -2.37. The molecule has 134 valence electrons. The Morgan fingerprint density at radius 2 is 2.08 bits per heavy atom. The highest BCUT2D eigenvalue weighted by Gasteiger charge is 2.21. The first-order chi connectivity index (χ1) is 12.6. The SMILES string of the molecule is Cc1c(Cl)cccc1NC(=S)N(Cc1ccco1)[C@@H](C)c1ccccn1. The van der Waals surface area contributed by atoms with Crippen LogP contribution in [0.15, 0.2) is 65.4 Å². The summed E-state index contributed by atoms with van der Waals surface area (Å²) >= 11 is 11.9. The number of pyridine rings is 1. The summed E-state index contributed by atoms with van der Waals surface area (Å²) in [6.07, 6.45) is 3.45. The predicted octanol–water partition coefficient (Wildman–Crippen LogP) is 5.60. The van der Waals surface area contributed by atoms with E-state index in [1.807, 2.05) is 55.5 Å². The third-order valence-corrected chi connectivity index (χ3v) is 5.01. The molecule has 0 fully saturated rings. The normalized spacial score (nSPS) is 11.8. The highest BCUT2D eigenvalue weighted by atomic mass is 35.5. The van der Waals surface area contributed by atoms with Gasteiger partial charge in [0.2, 0.25) is 0 Å². The fourth-order valence-corrected chi connectivity index (χ4v) is 3.17. The number of nitrogens with zero attached hydrogens (tertiary/aromatic N) is 2. The third-order valence-electron chi connectivity index (χ3n) is 4.26. The highest BCUT2D eigenvalue weighted by Crippen LogP contribution is 2.26. The topological polar surface area (TPSA) is 41.3 Å². The summed E-state index contributed by atoms with van der Waals surface area (Å²) in [5.41, 5.74) is 2.78. The van der Waals surface area contributed by atoms with E-state index in [1.165, 1.54) is 0 Å². The molecule has 0 aliphatic heterocycles. The molecule has 0 spiro atoms. The van der Waals surface area contributed by atoms with Gasteiger partial charge in [0.25, 0.3) is 0 Å². The minimum Gasteiger partial charge on any atom is -0.467 e. The molecule has 6 heteroatoms. The van der Waals surface area contributed by atoms with Crippen molar-refractivity contribution in [1.29, 1.82) is 0 Å². The number of hydrogen-bond donors (Lipinski definition) is 1. The van der Waals surface area contributed by atoms with E-state index in [9.17, 15) is 0 Å².